The minimum Gasteiger partial charge on any atom is -0.390 e. The van der Waals surface area contributed by atoms with Crippen molar-refractivity contribution in [3.05, 3.63) is 48.0 Å². The number of aliphatic hydroxyl groups excluding tert-OH is 1. The van der Waals surface area contributed by atoms with E-state index in [1.54, 1.807) is 24.5 Å². The van der Waals surface area contributed by atoms with Gasteiger partial charge in [-0.3, -0.25) is 9.13 Å². The van der Waals surface area contributed by atoms with Gasteiger partial charge in [-0.25, -0.2) is 15.0 Å². The van der Waals surface area contributed by atoms with Gasteiger partial charge in [-0.2, -0.15) is 0 Å². The lowest BCUT2D eigenvalue weighted by atomic mass is 9.82. The number of anilines is 1. The second-order valence-corrected chi connectivity index (χ2v) is 12.1. The first kappa shape index (κ1) is 25.7. The van der Waals surface area contributed by atoms with Gasteiger partial charge in [0.25, 0.3) is 0 Å². The minimum atomic E-state index is -2.79. The number of nitrogens with two attached hydrogens (primary N) is 1. The van der Waals surface area contributed by atoms with Crippen LogP contribution in [-0.2, 0) is 25.2 Å². The van der Waals surface area contributed by atoms with Crippen molar-refractivity contribution in [1.82, 2.24) is 19.5 Å². The predicted molar refractivity (Wildman–Crippen MR) is 133 cm³/mol. The average molecular weight is 504 g/mol. The standard InChI is InChI=1S/C24H34N5O5P/c1-5-33-35(4,31)12-11-18-20(30)24(3,14-32-13-17-9-7-6-8-10-17)23(34-18)29-15-26-19-21(25)27-16(2)28-22(19)29/h6-10,15,18,20,23,30H,5,11-14H2,1-4H3,(H2,25,27,28)/t18-,20+,23-,24?,35?/m1/s1. The molecule has 2 aromatic heterocycles. The monoisotopic (exact) mass is 503 g/mol. The Labute approximate surface area is 205 Å². The number of ether oxygens (including phenoxy) is 2. The second kappa shape index (κ2) is 10.3. The highest BCUT2D eigenvalue weighted by Gasteiger charge is 2.54. The topological polar surface area (TPSA) is 135 Å². The fourth-order valence-corrected chi connectivity index (χ4v) is 6.02. The Hall–Kier alpha value is -2.36. The lowest BCUT2D eigenvalue weighted by molar-refractivity contribution is -0.0711. The molecular weight excluding hydrogens is 469 g/mol. The van der Waals surface area contributed by atoms with E-state index in [1.165, 1.54) is 0 Å². The molecule has 0 saturated carbocycles. The fraction of sp³-hybridized carbons (Fsp3) is 0.542. The third-order valence-electron chi connectivity index (χ3n) is 6.46. The van der Waals surface area contributed by atoms with Gasteiger partial charge in [0.1, 0.15) is 17.6 Å². The molecule has 4 rings (SSSR count). The first-order chi connectivity index (χ1) is 16.6. The average Bonchev–Trinajstić information content (AvgIpc) is 3.32. The van der Waals surface area contributed by atoms with Crippen LogP contribution in [0.3, 0.4) is 0 Å². The number of fused-ring (bicyclic) bond motifs is 1. The van der Waals surface area contributed by atoms with Gasteiger partial charge in [0.2, 0.25) is 0 Å². The van der Waals surface area contributed by atoms with E-state index in [9.17, 15) is 9.67 Å². The molecular formula is C24H34N5O5P. The summed E-state index contributed by atoms with van der Waals surface area (Å²) in [7, 11) is -2.79. The van der Waals surface area contributed by atoms with Gasteiger partial charge < -0.3 is 24.8 Å². The molecule has 3 aromatic rings. The maximum Gasteiger partial charge on any atom is 0.200 e. The first-order valence-electron chi connectivity index (χ1n) is 11.8. The third kappa shape index (κ3) is 5.42. The van der Waals surface area contributed by atoms with Gasteiger partial charge >= 0.3 is 0 Å². The van der Waals surface area contributed by atoms with Crippen LogP contribution in [0.2, 0.25) is 0 Å². The Balaban J connectivity index is 1.62. The number of aliphatic hydroxyl groups is 1. The largest absolute Gasteiger partial charge is 0.390 e. The summed E-state index contributed by atoms with van der Waals surface area (Å²) in [5.41, 5.74) is 7.26. The van der Waals surface area contributed by atoms with Crippen LogP contribution in [0.5, 0.6) is 0 Å². The lowest BCUT2D eigenvalue weighted by Crippen LogP contribution is -2.41. The number of nitrogen functional groups attached to an aromatic ring is 1. The first-order valence-corrected chi connectivity index (χ1v) is 14.0. The molecule has 1 saturated heterocycles. The normalized spacial score (nSPS) is 26.3. The molecule has 2 unspecified atom stereocenters. The van der Waals surface area contributed by atoms with Crippen molar-refractivity contribution in [2.24, 2.45) is 5.41 Å². The smallest absolute Gasteiger partial charge is 0.200 e. The Kier molecular flexibility index (Phi) is 7.59. The molecule has 0 aliphatic carbocycles. The summed E-state index contributed by atoms with van der Waals surface area (Å²) in [5.74, 6) is 0.796. The summed E-state index contributed by atoms with van der Waals surface area (Å²) < 4.78 is 32.4. The zero-order chi connectivity index (χ0) is 25.2. The molecule has 0 amide bonds. The SMILES string of the molecule is CCOP(C)(=O)CC[C@H]1O[C@@H](n2cnc3c(N)nc(C)nc32)C(C)(COCc2ccccc2)[C@H]1O. The second-order valence-electron chi connectivity index (χ2n) is 9.38. The molecule has 3 heterocycles. The minimum absolute atomic E-state index is 0.221. The molecule has 11 heteroatoms. The molecule has 1 aromatic carbocycles. The van der Waals surface area contributed by atoms with E-state index in [0.717, 1.165) is 5.56 Å². The van der Waals surface area contributed by atoms with Gasteiger partial charge in [-0.15, -0.1) is 0 Å². The van der Waals surface area contributed by atoms with Crippen LogP contribution in [0, 0.1) is 12.3 Å². The number of benzene rings is 1. The molecule has 5 atom stereocenters. The van der Waals surface area contributed by atoms with Crippen LogP contribution in [0.4, 0.5) is 5.82 Å². The van der Waals surface area contributed by atoms with E-state index in [1.807, 2.05) is 44.2 Å². The molecule has 3 N–H and O–H groups in total. The zero-order valence-corrected chi connectivity index (χ0v) is 21.5. The van der Waals surface area contributed by atoms with Crippen molar-refractivity contribution in [3.8, 4) is 0 Å². The van der Waals surface area contributed by atoms with E-state index in [0.29, 0.717) is 42.8 Å². The summed E-state index contributed by atoms with van der Waals surface area (Å²) in [5, 5.41) is 11.5. The number of hydrogen-bond acceptors (Lipinski definition) is 9. The molecule has 1 aliphatic rings. The number of aryl methyl sites for hydroxylation is 1. The summed E-state index contributed by atoms with van der Waals surface area (Å²) in [6.45, 7) is 8.10. The number of aromatic nitrogens is 4. The van der Waals surface area contributed by atoms with Gasteiger partial charge in [-0.05, 0) is 25.8 Å². The van der Waals surface area contributed by atoms with Crippen LogP contribution < -0.4 is 5.73 Å². The van der Waals surface area contributed by atoms with E-state index >= 15 is 0 Å². The van der Waals surface area contributed by atoms with Gasteiger partial charge in [0, 0.05) is 12.8 Å². The number of hydrogen-bond donors (Lipinski definition) is 2. The third-order valence-corrected chi connectivity index (χ3v) is 8.33. The highest BCUT2D eigenvalue weighted by Crippen LogP contribution is 2.50. The molecule has 0 radical (unpaired) electrons. The Morgan fingerprint density at radius 1 is 1.29 bits per heavy atom. The molecule has 0 spiro atoms. The summed E-state index contributed by atoms with van der Waals surface area (Å²) in [6, 6.07) is 9.84. The van der Waals surface area contributed by atoms with Crippen LogP contribution in [-0.4, -0.2) is 62.9 Å². The van der Waals surface area contributed by atoms with E-state index < -0.39 is 31.2 Å². The lowest BCUT2D eigenvalue weighted by Gasteiger charge is -2.33. The molecule has 0 bridgehead atoms. The summed E-state index contributed by atoms with van der Waals surface area (Å²) >= 11 is 0. The van der Waals surface area contributed by atoms with Crippen molar-refractivity contribution >= 4 is 24.4 Å². The van der Waals surface area contributed by atoms with E-state index in [4.69, 9.17) is 19.7 Å². The highest BCUT2D eigenvalue weighted by atomic mass is 31.2. The van der Waals surface area contributed by atoms with Crippen LogP contribution in [0.25, 0.3) is 11.2 Å². The van der Waals surface area contributed by atoms with Crippen molar-refractivity contribution < 1.29 is 23.7 Å². The van der Waals surface area contributed by atoms with Gasteiger partial charge in [-0.1, -0.05) is 37.3 Å². The zero-order valence-electron chi connectivity index (χ0n) is 20.6. The van der Waals surface area contributed by atoms with Gasteiger partial charge in [0.05, 0.1) is 43.8 Å². The summed E-state index contributed by atoms with van der Waals surface area (Å²) in [6.07, 6.45) is 0.187. The maximum atomic E-state index is 12.7. The van der Waals surface area contributed by atoms with Crippen LogP contribution >= 0.6 is 7.37 Å². The van der Waals surface area contributed by atoms with E-state index in [2.05, 4.69) is 15.0 Å². The van der Waals surface area contributed by atoms with E-state index in [-0.39, 0.29) is 12.4 Å². The van der Waals surface area contributed by atoms with Crippen molar-refractivity contribution in [1.29, 1.82) is 0 Å². The molecule has 1 aliphatic heterocycles. The Morgan fingerprint density at radius 3 is 2.74 bits per heavy atom. The van der Waals surface area contributed by atoms with Gasteiger partial charge in [0.15, 0.2) is 18.8 Å². The maximum absolute atomic E-state index is 12.7. The van der Waals surface area contributed by atoms with Crippen molar-refractivity contribution in [2.45, 2.75) is 52.2 Å². The molecule has 10 nitrogen and oxygen atoms in total. The Bertz CT molecular complexity index is 1210. The Morgan fingerprint density at radius 2 is 2.03 bits per heavy atom. The predicted octanol–water partition coefficient (Wildman–Crippen LogP) is 3.53. The van der Waals surface area contributed by atoms with Crippen molar-refractivity contribution in [2.75, 3.05) is 31.8 Å². The summed E-state index contributed by atoms with van der Waals surface area (Å²) in [4.78, 5) is 13.1. The fourth-order valence-electron chi connectivity index (χ4n) is 4.62. The van der Waals surface area contributed by atoms with Crippen molar-refractivity contribution in [3.63, 3.8) is 0 Å². The molecule has 1 fully saturated rings. The van der Waals surface area contributed by atoms with Crippen LogP contribution in [0.1, 0.15) is 37.9 Å². The highest BCUT2D eigenvalue weighted by molar-refractivity contribution is 7.58. The van der Waals surface area contributed by atoms with Crippen LogP contribution in [0.15, 0.2) is 36.7 Å². The quantitative estimate of drug-likeness (QED) is 0.398. The number of nitrogens with zero attached hydrogens (tertiary/aromatic N) is 4. The molecule has 35 heavy (non-hydrogen) atoms. The molecule has 190 valence electrons. The number of imidazole rings is 1. The number of rotatable bonds is 10.